The molecule has 38 heavy (non-hydrogen) atoms. The molecule has 2 heterocycles. The van der Waals surface area contributed by atoms with E-state index in [0.29, 0.717) is 42.3 Å². The number of thiazole rings is 1. The number of ether oxygens (including phenoxy) is 4. The molecule has 0 amide bonds. The molecule has 0 N–H and O–H groups in total. The number of carbonyl (C=O) groups excluding carboxylic acids is 1. The third-order valence-corrected chi connectivity index (χ3v) is 8.77. The Morgan fingerprint density at radius 3 is 2.45 bits per heavy atom. The molecular weight excluding hydrogens is 755 g/mol. The van der Waals surface area contributed by atoms with Crippen LogP contribution in [0.15, 0.2) is 54.3 Å². The van der Waals surface area contributed by atoms with E-state index in [1.54, 1.807) is 46.3 Å². The number of aromatic nitrogens is 1. The fraction of sp³-hybridized carbons (Fsp3) is 0.269. The Labute approximate surface area is 253 Å². The summed E-state index contributed by atoms with van der Waals surface area (Å²) in [5.41, 5.74) is 1.81. The van der Waals surface area contributed by atoms with Crippen molar-refractivity contribution in [3.8, 4) is 17.2 Å². The highest BCUT2D eigenvalue weighted by Gasteiger charge is 2.35. The first-order valence-electron chi connectivity index (χ1n) is 11.3. The molecule has 2 aromatic carbocycles. The second-order valence-corrected chi connectivity index (χ2v) is 12.0. The fourth-order valence-electron chi connectivity index (χ4n) is 4.21. The van der Waals surface area contributed by atoms with E-state index in [0.717, 1.165) is 13.6 Å². The van der Waals surface area contributed by atoms with Crippen molar-refractivity contribution in [3.05, 3.63) is 78.9 Å². The molecule has 0 fully saturated rings. The van der Waals surface area contributed by atoms with E-state index in [1.165, 1.54) is 23.0 Å². The molecule has 3 aromatic rings. The summed E-state index contributed by atoms with van der Waals surface area (Å²) < 4.78 is 26.3. The maximum Gasteiger partial charge on any atom is 0.338 e. The minimum atomic E-state index is -0.814. The molecule has 8 nitrogen and oxygen atoms in total. The quantitative estimate of drug-likeness (QED) is 0.250. The monoisotopic (exact) mass is 776 g/mol. The summed E-state index contributed by atoms with van der Waals surface area (Å²) in [7, 11) is 4.66. The van der Waals surface area contributed by atoms with Gasteiger partial charge in [-0.2, -0.15) is 0 Å². The van der Waals surface area contributed by atoms with Crippen molar-refractivity contribution in [3.63, 3.8) is 0 Å². The molecule has 0 spiro atoms. The van der Waals surface area contributed by atoms with Gasteiger partial charge in [-0.3, -0.25) is 9.36 Å². The molecule has 0 radical (unpaired) electrons. The number of hydrogen-bond acceptors (Lipinski definition) is 8. The lowest BCUT2D eigenvalue weighted by Crippen LogP contribution is -2.40. The molecule has 1 aromatic heterocycles. The number of allylic oxidation sites excluding steroid dienone is 1. The van der Waals surface area contributed by atoms with Gasteiger partial charge in [0.05, 0.1) is 53.4 Å². The van der Waals surface area contributed by atoms with Gasteiger partial charge < -0.3 is 18.9 Å². The molecule has 0 aliphatic carbocycles. The lowest BCUT2D eigenvalue weighted by Gasteiger charge is -2.26. The molecule has 0 saturated heterocycles. The van der Waals surface area contributed by atoms with Gasteiger partial charge in [0.2, 0.25) is 0 Å². The van der Waals surface area contributed by atoms with Crippen LogP contribution in [0.1, 0.15) is 31.0 Å². The second kappa shape index (κ2) is 11.9. The Kier molecular flexibility index (Phi) is 9.05. The number of esters is 1. The van der Waals surface area contributed by atoms with Gasteiger partial charge in [0, 0.05) is 14.5 Å². The number of carbonyl (C=O) groups is 1. The average Bonchev–Trinajstić information content (AvgIpc) is 3.17. The third-order valence-electron chi connectivity index (χ3n) is 5.84. The third kappa shape index (κ3) is 5.32. The summed E-state index contributed by atoms with van der Waals surface area (Å²) >= 11 is 10.6. The first kappa shape index (κ1) is 28.8. The molecule has 4 rings (SSSR count). The number of rotatable bonds is 7. The smallest absolute Gasteiger partial charge is 0.338 e. The van der Waals surface area contributed by atoms with Gasteiger partial charge in [0.15, 0.2) is 16.3 Å². The predicted octanol–water partition coefficient (Wildman–Crippen LogP) is 4.95. The number of nitrogens with zero attached hydrogens (tertiary/aromatic N) is 2. The van der Waals surface area contributed by atoms with Crippen LogP contribution in [-0.2, 0) is 9.53 Å². The van der Waals surface area contributed by atoms with Crippen molar-refractivity contribution < 1.29 is 23.7 Å². The minimum absolute atomic E-state index is 0.182. The molecule has 1 atom stereocenters. The van der Waals surface area contributed by atoms with Crippen LogP contribution in [-0.4, -0.2) is 38.5 Å². The van der Waals surface area contributed by atoms with Crippen LogP contribution in [0, 0.1) is 3.57 Å². The van der Waals surface area contributed by atoms with Crippen molar-refractivity contribution in [2.75, 3.05) is 27.9 Å². The van der Waals surface area contributed by atoms with Gasteiger partial charge in [-0.25, -0.2) is 9.79 Å². The van der Waals surface area contributed by atoms with Crippen LogP contribution in [0.5, 0.6) is 17.2 Å². The maximum absolute atomic E-state index is 14.0. The van der Waals surface area contributed by atoms with Gasteiger partial charge in [0.1, 0.15) is 5.75 Å². The van der Waals surface area contributed by atoms with Crippen LogP contribution in [0.2, 0.25) is 0 Å². The molecular formula is C26H23Br2IN2O6S. The van der Waals surface area contributed by atoms with Gasteiger partial charge in [-0.15, -0.1) is 0 Å². The van der Waals surface area contributed by atoms with Gasteiger partial charge in [-0.05, 0) is 72.3 Å². The zero-order valence-electron chi connectivity index (χ0n) is 21.1. The Hall–Kier alpha value is -2.16. The van der Waals surface area contributed by atoms with E-state index >= 15 is 0 Å². The van der Waals surface area contributed by atoms with Crippen molar-refractivity contribution in [1.82, 2.24) is 4.57 Å². The Bertz CT molecular complexity index is 1650. The molecule has 12 heteroatoms. The normalized spacial score (nSPS) is 15.2. The van der Waals surface area contributed by atoms with Crippen LogP contribution >= 0.6 is 65.8 Å². The van der Waals surface area contributed by atoms with Crippen molar-refractivity contribution >= 4 is 77.8 Å². The number of fused-ring (bicyclic) bond motifs is 1. The first-order valence-corrected chi connectivity index (χ1v) is 14.8. The molecule has 0 bridgehead atoms. The first-order chi connectivity index (χ1) is 18.1. The van der Waals surface area contributed by atoms with Gasteiger partial charge in [-0.1, -0.05) is 43.2 Å². The van der Waals surface area contributed by atoms with Crippen LogP contribution in [0.25, 0.3) is 6.08 Å². The largest absolute Gasteiger partial charge is 0.495 e. The van der Waals surface area contributed by atoms with Crippen molar-refractivity contribution in [2.24, 2.45) is 4.99 Å². The minimum Gasteiger partial charge on any atom is -0.495 e. The summed E-state index contributed by atoms with van der Waals surface area (Å²) in [5, 5.41) is 0. The van der Waals surface area contributed by atoms with Crippen molar-refractivity contribution in [2.45, 2.75) is 19.9 Å². The van der Waals surface area contributed by atoms with E-state index in [2.05, 4.69) is 59.4 Å². The second-order valence-electron chi connectivity index (χ2n) is 8.04. The summed E-state index contributed by atoms with van der Waals surface area (Å²) in [6.07, 6.45) is 1.78. The topological polar surface area (TPSA) is 88.4 Å². The van der Waals surface area contributed by atoms with E-state index in [4.69, 9.17) is 18.9 Å². The highest BCUT2D eigenvalue weighted by Crippen LogP contribution is 2.41. The molecule has 0 saturated carbocycles. The number of hydrogen-bond donors (Lipinski definition) is 0. The molecule has 1 aliphatic rings. The standard InChI is InChI=1S/C26H23Br2IN2O6S/c1-6-37-25(33)21-12(2)30-26-31(22(21)15-10-18(34-3)19(35-4)11-16(15)28)24(32)20(38-26)8-13-7-14(27)9-17(29)23(13)36-5/h7-11,22H,6H2,1-5H3/b20-8-/t22-/m0/s1. The Balaban J connectivity index is 2.04. The number of halogens is 3. The summed E-state index contributed by atoms with van der Waals surface area (Å²) in [6.45, 7) is 3.66. The summed E-state index contributed by atoms with van der Waals surface area (Å²) in [4.78, 5) is 32.3. The zero-order chi connectivity index (χ0) is 27.7. The number of methoxy groups -OCH3 is 3. The zero-order valence-corrected chi connectivity index (χ0v) is 27.2. The lowest BCUT2D eigenvalue weighted by molar-refractivity contribution is -0.139. The predicted molar refractivity (Wildman–Crippen MR) is 161 cm³/mol. The lowest BCUT2D eigenvalue weighted by atomic mass is 9.95. The highest BCUT2D eigenvalue weighted by atomic mass is 127. The molecule has 1 aliphatic heterocycles. The van der Waals surface area contributed by atoms with Crippen LogP contribution in [0.3, 0.4) is 0 Å². The summed E-state index contributed by atoms with van der Waals surface area (Å²) in [5.74, 6) is 1.07. The average molecular weight is 778 g/mol. The van der Waals surface area contributed by atoms with E-state index in [-0.39, 0.29) is 17.7 Å². The molecule has 0 unspecified atom stereocenters. The Morgan fingerprint density at radius 1 is 1.13 bits per heavy atom. The SMILES string of the molecule is CCOC(=O)C1=C(C)N=c2s/c(=C\c3cc(Br)cc(I)c3OC)c(=O)n2[C@H]1c1cc(OC)c(OC)cc1Br. The van der Waals surface area contributed by atoms with Gasteiger partial charge in [0.25, 0.3) is 5.56 Å². The Morgan fingerprint density at radius 2 is 1.82 bits per heavy atom. The van der Waals surface area contributed by atoms with Crippen LogP contribution < -0.4 is 29.1 Å². The van der Waals surface area contributed by atoms with Gasteiger partial charge >= 0.3 is 5.97 Å². The summed E-state index contributed by atoms with van der Waals surface area (Å²) in [6, 6.07) is 6.50. The van der Waals surface area contributed by atoms with E-state index in [1.807, 2.05) is 12.1 Å². The molecule has 200 valence electrons. The fourth-order valence-corrected chi connectivity index (χ4v) is 7.56. The maximum atomic E-state index is 14.0. The van der Waals surface area contributed by atoms with Crippen LogP contribution in [0.4, 0.5) is 0 Å². The highest BCUT2D eigenvalue weighted by molar-refractivity contribution is 14.1. The van der Waals surface area contributed by atoms with E-state index < -0.39 is 12.0 Å². The van der Waals surface area contributed by atoms with E-state index in [9.17, 15) is 9.59 Å². The number of benzene rings is 2. The van der Waals surface area contributed by atoms with Crippen molar-refractivity contribution in [1.29, 1.82) is 0 Å².